The van der Waals surface area contributed by atoms with Gasteiger partial charge in [-0.15, -0.1) is 0 Å². The maximum absolute atomic E-state index is 12.8. The normalized spacial score (nSPS) is 21.3. The van der Waals surface area contributed by atoms with Crippen LogP contribution in [0.15, 0.2) is 24.3 Å². The fraction of sp³-hybridized carbons (Fsp3) is 0.636. The molecule has 1 aromatic rings. The van der Waals surface area contributed by atoms with Crippen molar-refractivity contribution in [1.29, 1.82) is 0 Å². The van der Waals surface area contributed by atoms with E-state index < -0.39 is 6.04 Å². The fourth-order valence-electron chi connectivity index (χ4n) is 3.94. The lowest BCUT2D eigenvalue weighted by Gasteiger charge is -2.32. The zero-order valence-electron chi connectivity index (χ0n) is 17.7. The van der Waals surface area contributed by atoms with Crippen molar-refractivity contribution in [3.05, 3.63) is 34.9 Å². The molecule has 29 heavy (non-hydrogen) atoms. The summed E-state index contributed by atoms with van der Waals surface area (Å²) in [6, 6.07) is 6.63. The van der Waals surface area contributed by atoms with E-state index in [9.17, 15) is 9.59 Å². The number of halogens is 1. The first kappa shape index (κ1) is 23.6. The van der Waals surface area contributed by atoms with E-state index >= 15 is 0 Å². The van der Waals surface area contributed by atoms with Crippen LogP contribution in [0.25, 0.3) is 0 Å². The molecule has 1 aliphatic carbocycles. The van der Waals surface area contributed by atoms with E-state index in [1.807, 2.05) is 24.3 Å². The van der Waals surface area contributed by atoms with Crippen molar-refractivity contribution in [3.63, 3.8) is 0 Å². The zero-order chi connectivity index (χ0) is 21.4. The molecule has 162 valence electrons. The van der Waals surface area contributed by atoms with Crippen molar-refractivity contribution in [1.82, 2.24) is 10.2 Å². The number of rotatable bonds is 9. The average molecular weight is 424 g/mol. The number of amides is 2. The summed E-state index contributed by atoms with van der Waals surface area (Å²) in [4.78, 5) is 27.1. The molecule has 0 saturated heterocycles. The van der Waals surface area contributed by atoms with Crippen LogP contribution in [0, 0.1) is 5.92 Å². The van der Waals surface area contributed by atoms with Gasteiger partial charge in [0.2, 0.25) is 11.8 Å². The Bertz CT molecular complexity index is 668. The van der Waals surface area contributed by atoms with Crippen molar-refractivity contribution in [2.45, 2.75) is 63.6 Å². The number of benzene rings is 1. The first-order chi connectivity index (χ1) is 13.8. The maximum atomic E-state index is 12.8. The molecular formula is C22H34ClN3O3. The molecule has 4 atom stereocenters. The molecule has 1 aromatic carbocycles. The van der Waals surface area contributed by atoms with Crippen LogP contribution >= 0.6 is 11.6 Å². The molecule has 0 unspecified atom stereocenters. The van der Waals surface area contributed by atoms with E-state index in [0.29, 0.717) is 17.4 Å². The third-order valence-corrected chi connectivity index (χ3v) is 6.07. The third-order valence-electron chi connectivity index (χ3n) is 5.82. The van der Waals surface area contributed by atoms with Gasteiger partial charge in [0.15, 0.2) is 0 Å². The van der Waals surface area contributed by atoms with Crippen LogP contribution in [0.5, 0.6) is 0 Å². The van der Waals surface area contributed by atoms with Crippen LogP contribution in [-0.2, 0) is 20.7 Å². The SMILES string of the molecule is COC[C@H](N)C(=O)N(C)[C@H](CC(=O)N[C@H]1CCCC[C@H]1C)Cc1ccc(Cl)cc1. The van der Waals surface area contributed by atoms with Crippen LogP contribution in [0.4, 0.5) is 0 Å². The van der Waals surface area contributed by atoms with E-state index in [0.717, 1.165) is 24.8 Å². The summed E-state index contributed by atoms with van der Waals surface area (Å²) in [6.07, 6.45) is 5.31. The third kappa shape index (κ3) is 7.28. The molecule has 0 spiro atoms. The van der Waals surface area contributed by atoms with Gasteiger partial charge in [0.1, 0.15) is 6.04 Å². The van der Waals surface area contributed by atoms with Crippen molar-refractivity contribution in [2.24, 2.45) is 11.7 Å². The number of carbonyl (C=O) groups is 2. The number of hydrogen-bond acceptors (Lipinski definition) is 4. The molecule has 0 radical (unpaired) electrons. The Morgan fingerprint density at radius 3 is 2.55 bits per heavy atom. The molecule has 1 saturated carbocycles. The molecule has 0 bridgehead atoms. The van der Waals surface area contributed by atoms with E-state index in [2.05, 4.69) is 12.2 Å². The molecule has 6 nitrogen and oxygen atoms in total. The predicted molar refractivity (Wildman–Crippen MR) is 116 cm³/mol. The van der Waals surface area contributed by atoms with Gasteiger partial charge in [-0.2, -0.15) is 0 Å². The van der Waals surface area contributed by atoms with Gasteiger partial charge in [0, 0.05) is 37.7 Å². The van der Waals surface area contributed by atoms with Gasteiger partial charge in [-0.05, 0) is 42.9 Å². The summed E-state index contributed by atoms with van der Waals surface area (Å²) >= 11 is 5.98. The second-order valence-corrected chi connectivity index (χ2v) is 8.57. The number of hydrogen-bond donors (Lipinski definition) is 2. The monoisotopic (exact) mass is 423 g/mol. The van der Waals surface area contributed by atoms with Gasteiger partial charge in [-0.25, -0.2) is 0 Å². The Balaban J connectivity index is 2.09. The molecule has 1 fully saturated rings. The van der Waals surface area contributed by atoms with Gasteiger partial charge in [-0.3, -0.25) is 9.59 Å². The van der Waals surface area contributed by atoms with Gasteiger partial charge in [0.25, 0.3) is 0 Å². The maximum Gasteiger partial charge on any atom is 0.241 e. The van der Waals surface area contributed by atoms with E-state index in [1.165, 1.54) is 13.5 Å². The fourth-order valence-corrected chi connectivity index (χ4v) is 4.07. The van der Waals surface area contributed by atoms with E-state index in [-0.39, 0.29) is 36.9 Å². The summed E-state index contributed by atoms with van der Waals surface area (Å²) in [5, 5.41) is 3.84. The van der Waals surface area contributed by atoms with E-state index in [4.69, 9.17) is 22.1 Å². The molecule has 2 amide bonds. The van der Waals surface area contributed by atoms with Crippen LogP contribution in [-0.4, -0.2) is 55.6 Å². The van der Waals surface area contributed by atoms with Crippen molar-refractivity contribution < 1.29 is 14.3 Å². The quantitative estimate of drug-likeness (QED) is 0.639. The zero-order valence-corrected chi connectivity index (χ0v) is 18.5. The predicted octanol–water partition coefficient (Wildman–Crippen LogP) is 2.77. The molecule has 3 N–H and O–H groups in total. The Hall–Kier alpha value is -1.63. The highest BCUT2D eigenvalue weighted by Gasteiger charge is 2.29. The van der Waals surface area contributed by atoms with Crippen molar-refractivity contribution in [3.8, 4) is 0 Å². The second kappa shape index (κ2) is 11.5. The lowest BCUT2D eigenvalue weighted by molar-refractivity contribution is -0.135. The summed E-state index contributed by atoms with van der Waals surface area (Å²) < 4.78 is 5.01. The number of nitrogens with two attached hydrogens (primary N) is 1. The molecule has 0 aromatic heterocycles. The largest absolute Gasteiger partial charge is 0.383 e. The number of carbonyl (C=O) groups excluding carboxylic acids is 2. The molecular weight excluding hydrogens is 390 g/mol. The lowest BCUT2D eigenvalue weighted by atomic mass is 9.86. The Morgan fingerprint density at radius 2 is 1.93 bits per heavy atom. The first-order valence-electron chi connectivity index (χ1n) is 10.4. The van der Waals surface area contributed by atoms with Crippen molar-refractivity contribution >= 4 is 23.4 Å². The number of likely N-dealkylation sites (N-methyl/N-ethyl adjacent to an activating group) is 1. The highest BCUT2D eigenvalue weighted by Crippen LogP contribution is 2.24. The summed E-state index contributed by atoms with van der Waals surface area (Å²) in [5.74, 6) is 0.226. The van der Waals surface area contributed by atoms with Gasteiger partial charge < -0.3 is 20.7 Å². The lowest BCUT2D eigenvalue weighted by Crippen LogP contribution is -2.51. The standard InChI is InChI=1S/C22H34ClN3O3/c1-15-6-4-5-7-20(15)25-21(27)13-18(12-16-8-10-17(23)11-9-16)26(2)22(28)19(24)14-29-3/h8-11,15,18-20H,4-7,12-14,24H2,1-3H3,(H,25,27)/t15-,18+,19+,20+/m1/s1. The first-order valence-corrected chi connectivity index (χ1v) is 10.7. The number of nitrogens with zero attached hydrogens (tertiary/aromatic N) is 1. The number of nitrogens with one attached hydrogen (secondary N) is 1. The van der Waals surface area contributed by atoms with Crippen LogP contribution in [0.1, 0.15) is 44.6 Å². The summed E-state index contributed by atoms with van der Waals surface area (Å²) in [7, 11) is 3.21. The minimum absolute atomic E-state index is 0.0253. The molecule has 0 aliphatic heterocycles. The second-order valence-electron chi connectivity index (χ2n) is 8.14. The van der Waals surface area contributed by atoms with Crippen LogP contribution in [0.2, 0.25) is 5.02 Å². The molecule has 0 heterocycles. The average Bonchev–Trinajstić information content (AvgIpc) is 2.70. The van der Waals surface area contributed by atoms with Crippen LogP contribution in [0.3, 0.4) is 0 Å². The Labute approximate surface area is 179 Å². The molecule has 2 rings (SSSR count). The smallest absolute Gasteiger partial charge is 0.241 e. The topological polar surface area (TPSA) is 84.7 Å². The summed E-state index contributed by atoms with van der Waals surface area (Å²) in [5.41, 5.74) is 6.96. The van der Waals surface area contributed by atoms with Gasteiger partial charge in [0.05, 0.1) is 6.61 Å². The summed E-state index contributed by atoms with van der Waals surface area (Å²) in [6.45, 7) is 2.33. The molecule has 1 aliphatic rings. The van der Waals surface area contributed by atoms with Crippen LogP contribution < -0.4 is 11.1 Å². The Morgan fingerprint density at radius 1 is 1.28 bits per heavy atom. The number of methoxy groups -OCH3 is 1. The van der Waals surface area contributed by atoms with E-state index in [1.54, 1.807) is 11.9 Å². The minimum Gasteiger partial charge on any atom is -0.383 e. The van der Waals surface area contributed by atoms with Gasteiger partial charge in [-0.1, -0.05) is 43.5 Å². The highest BCUT2D eigenvalue weighted by molar-refractivity contribution is 6.30. The highest BCUT2D eigenvalue weighted by atomic mass is 35.5. The molecule has 7 heteroatoms. The van der Waals surface area contributed by atoms with Crippen molar-refractivity contribution in [2.75, 3.05) is 20.8 Å². The Kier molecular flexibility index (Phi) is 9.40. The minimum atomic E-state index is -0.751. The van der Waals surface area contributed by atoms with Gasteiger partial charge >= 0.3 is 0 Å². The number of ether oxygens (including phenoxy) is 1.